The van der Waals surface area contributed by atoms with E-state index in [4.69, 9.17) is 9.47 Å². The van der Waals surface area contributed by atoms with Crippen molar-refractivity contribution in [2.45, 2.75) is 26.0 Å². The van der Waals surface area contributed by atoms with Crippen LogP contribution in [-0.2, 0) is 14.3 Å². The molecular formula is C13H14BrNO3. The fourth-order valence-electron chi connectivity index (χ4n) is 1.78. The summed E-state index contributed by atoms with van der Waals surface area (Å²) < 4.78 is 11.4. The molecule has 1 heterocycles. The molecule has 0 radical (unpaired) electrons. The van der Waals surface area contributed by atoms with Gasteiger partial charge in [0.1, 0.15) is 0 Å². The third kappa shape index (κ3) is 2.56. The van der Waals surface area contributed by atoms with Crippen LogP contribution < -0.4 is 0 Å². The smallest absolute Gasteiger partial charge is 0.335 e. The van der Waals surface area contributed by atoms with Crippen LogP contribution in [0.5, 0.6) is 0 Å². The maximum Gasteiger partial charge on any atom is 0.335 e. The molecular weight excluding hydrogens is 298 g/mol. The minimum Gasteiger partial charge on any atom is -0.473 e. The van der Waals surface area contributed by atoms with Gasteiger partial charge in [0.25, 0.3) is 0 Å². The van der Waals surface area contributed by atoms with Gasteiger partial charge in [-0.2, -0.15) is 0 Å². The van der Waals surface area contributed by atoms with E-state index in [-0.39, 0.29) is 5.97 Å². The van der Waals surface area contributed by atoms with Crippen molar-refractivity contribution in [2.24, 2.45) is 4.99 Å². The Labute approximate surface area is 114 Å². The first kappa shape index (κ1) is 13.1. The van der Waals surface area contributed by atoms with Crippen molar-refractivity contribution in [1.82, 2.24) is 0 Å². The lowest BCUT2D eigenvalue weighted by Gasteiger charge is -2.17. The number of benzene rings is 1. The molecule has 2 unspecified atom stereocenters. The number of nitrogens with zero attached hydrogens (tertiary/aromatic N) is 1. The maximum atomic E-state index is 11.8. The van der Waals surface area contributed by atoms with E-state index >= 15 is 0 Å². The topological polar surface area (TPSA) is 47.9 Å². The van der Waals surface area contributed by atoms with Crippen molar-refractivity contribution >= 4 is 28.3 Å². The predicted octanol–water partition coefficient (Wildman–Crippen LogP) is 2.79. The van der Waals surface area contributed by atoms with Gasteiger partial charge in [-0.25, -0.2) is 9.79 Å². The molecule has 0 saturated heterocycles. The number of carbonyl (C=O) groups is 1. The van der Waals surface area contributed by atoms with E-state index in [1.807, 2.05) is 25.1 Å². The lowest BCUT2D eigenvalue weighted by Crippen LogP contribution is -2.26. The summed E-state index contributed by atoms with van der Waals surface area (Å²) in [7, 11) is 0. The lowest BCUT2D eigenvalue weighted by atomic mass is 10.0. The standard InChI is InChI=1S/C13H14BrNO3/c1-3-17-13(16)11-12(18-7-15-11)9-5-4-8(2)10(14)6-9/h4-7,11-12H,3H2,1-2H3. The molecule has 0 aromatic heterocycles. The third-order valence-corrected chi connectivity index (χ3v) is 3.62. The zero-order valence-electron chi connectivity index (χ0n) is 10.2. The molecule has 2 atom stereocenters. The number of halogens is 1. The van der Waals surface area contributed by atoms with Crippen molar-refractivity contribution in [1.29, 1.82) is 0 Å². The second-order valence-electron chi connectivity index (χ2n) is 4.02. The van der Waals surface area contributed by atoms with Crippen LogP contribution in [0.2, 0.25) is 0 Å². The van der Waals surface area contributed by atoms with E-state index in [1.165, 1.54) is 6.40 Å². The summed E-state index contributed by atoms with van der Waals surface area (Å²) in [5.41, 5.74) is 2.04. The Morgan fingerprint density at radius 1 is 1.56 bits per heavy atom. The minimum atomic E-state index is -0.612. The number of aliphatic imine (C=N–C) groups is 1. The van der Waals surface area contributed by atoms with Gasteiger partial charge in [0, 0.05) is 4.47 Å². The van der Waals surface area contributed by atoms with Crippen molar-refractivity contribution < 1.29 is 14.3 Å². The fourth-order valence-corrected chi connectivity index (χ4v) is 2.17. The Hall–Kier alpha value is -1.36. The van der Waals surface area contributed by atoms with Crippen LogP contribution in [0.4, 0.5) is 0 Å². The average Bonchev–Trinajstić information content (AvgIpc) is 2.82. The molecule has 1 aliphatic rings. The molecule has 0 spiro atoms. The van der Waals surface area contributed by atoms with Crippen LogP contribution in [0.3, 0.4) is 0 Å². The molecule has 1 aromatic carbocycles. The molecule has 1 aliphatic heterocycles. The van der Waals surface area contributed by atoms with Gasteiger partial charge in [0.15, 0.2) is 18.5 Å². The molecule has 5 heteroatoms. The van der Waals surface area contributed by atoms with E-state index in [2.05, 4.69) is 20.9 Å². The average molecular weight is 312 g/mol. The summed E-state index contributed by atoms with van der Waals surface area (Å²) in [6, 6.07) is 5.25. The fraction of sp³-hybridized carbons (Fsp3) is 0.385. The molecule has 1 aromatic rings. The number of rotatable bonds is 3. The number of ether oxygens (including phenoxy) is 2. The summed E-state index contributed by atoms with van der Waals surface area (Å²) in [5.74, 6) is -0.354. The van der Waals surface area contributed by atoms with Crippen LogP contribution in [0.15, 0.2) is 27.7 Å². The molecule has 0 fully saturated rings. The van der Waals surface area contributed by atoms with Crippen molar-refractivity contribution in [3.8, 4) is 0 Å². The van der Waals surface area contributed by atoms with Gasteiger partial charge in [-0.3, -0.25) is 0 Å². The normalized spacial score (nSPS) is 21.7. The summed E-state index contributed by atoms with van der Waals surface area (Å²) in [4.78, 5) is 15.8. The van der Waals surface area contributed by atoms with Gasteiger partial charge >= 0.3 is 5.97 Å². The van der Waals surface area contributed by atoms with Gasteiger partial charge in [-0.15, -0.1) is 0 Å². The van der Waals surface area contributed by atoms with E-state index < -0.39 is 12.1 Å². The van der Waals surface area contributed by atoms with Gasteiger partial charge < -0.3 is 9.47 Å². The highest BCUT2D eigenvalue weighted by Gasteiger charge is 2.35. The number of hydrogen-bond donors (Lipinski definition) is 0. The van der Waals surface area contributed by atoms with Crippen molar-refractivity contribution in [2.75, 3.05) is 6.61 Å². The van der Waals surface area contributed by atoms with Crippen molar-refractivity contribution in [3.05, 3.63) is 33.8 Å². The Morgan fingerprint density at radius 3 is 3.00 bits per heavy atom. The number of esters is 1. The Kier molecular flexibility index (Phi) is 4.01. The highest BCUT2D eigenvalue weighted by atomic mass is 79.9. The second kappa shape index (κ2) is 5.52. The van der Waals surface area contributed by atoms with Gasteiger partial charge in [-0.1, -0.05) is 28.1 Å². The molecule has 0 N–H and O–H groups in total. The Balaban J connectivity index is 2.22. The summed E-state index contributed by atoms with van der Waals surface area (Å²) >= 11 is 3.47. The van der Waals surface area contributed by atoms with Crippen LogP contribution in [0.1, 0.15) is 24.2 Å². The largest absolute Gasteiger partial charge is 0.473 e. The molecule has 0 aliphatic carbocycles. The Bertz CT molecular complexity index is 487. The summed E-state index contributed by atoms with van der Waals surface area (Å²) in [6.45, 7) is 4.12. The first-order chi connectivity index (χ1) is 8.63. The SMILES string of the molecule is CCOC(=O)C1N=COC1c1ccc(C)c(Br)c1. The first-order valence-electron chi connectivity index (χ1n) is 5.73. The molecule has 0 bridgehead atoms. The second-order valence-corrected chi connectivity index (χ2v) is 4.87. The monoisotopic (exact) mass is 311 g/mol. The first-order valence-corrected chi connectivity index (χ1v) is 6.52. The summed E-state index contributed by atoms with van der Waals surface area (Å²) in [5, 5.41) is 0. The number of carbonyl (C=O) groups excluding carboxylic acids is 1. The molecule has 4 nitrogen and oxygen atoms in total. The van der Waals surface area contributed by atoms with Crippen LogP contribution in [0.25, 0.3) is 0 Å². The highest BCUT2D eigenvalue weighted by Crippen LogP contribution is 2.30. The van der Waals surface area contributed by atoms with E-state index in [9.17, 15) is 4.79 Å². The molecule has 18 heavy (non-hydrogen) atoms. The van der Waals surface area contributed by atoms with Crippen molar-refractivity contribution in [3.63, 3.8) is 0 Å². The van der Waals surface area contributed by atoms with Gasteiger partial charge in [0.2, 0.25) is 0 Å². The quantitative estimate of drug-likeness (QED) is 0.806. The predicted molar refractivity (Wildman–Crippen MR) is 71.6 cm³/mol. The molecule has 0 saturated carbocycles. The van der Waals surface area contributed by atoms with Crippen LogP contribution in [-0.4, -0.2) is 25.0 Å². The van der Waals surface area contributed by atoms with Crippen LogP contribution in [0, 0.1) is 6.92 Å². The zero-order chi connectivity index (χ0) is 13.1. The highest BCUT2D eigenvalue weighted by molar-refractivity contribution is 9.10. The van der Waals surface area contributed by atoms with Gasteiger partial charge in [-0.05, 0) is 31.0 Å². The van der Waals surface area contributed by atoms with Crippen LogP contribution >= 0.6 is 15.9 Å². The number of hydrogen-bond acceptors (Lipinski definition) is 4. The van der Waals surface area contributed by atoms with E-state index in [0.717, 1.165) is 15.6 Å². The summed E-state index contributed by atoms with van der Waals surface area (Å²) in [6.07, 6.45) is 0.918. The maximum absolute atomic E-state index is 11.8. The zero-order valence-corrected chi connectivity index (χ0v) is 11.8. The molecule has 0 amide bonds. The van der Waals surface area contributed by atoms with E-state index in [0.29, 0.717) is 6.61 Å². The number of aryl methyl sites for hydroxylation is 1. The van der Waals surface area contributed by atoms with Gasteiger partial charge in [0.05, 0.1) is 6.61 Å². The molecule has 96 valence electrons. The molecule has 2 rings (SSSR count). The Morgan fingerprint density at radius 2 is 2.33 bits per heavy atom. The minimum absolute atomic E-state index is 0.342. The third-order valence-electron chi connectivity index (χ3n) is 2.77. The van der Waals surface area contributed by atoms with E-state index in [1.54, 1.807) is 6.92 Å². The lowest BCUT2D eigenvalue weighted by molar-refractivity contribution is -0.146.